The molecule has 480 valence electrons. The molecule has 1 heterocycles. The van der Waals surface area contributed by atoms with Gasteiger partial charge >= 0.3 is 18.1 Å². The predicted molar refractivity (Wildman–Crippen MR) is 339 cm³/mol. The van der Waals surface area contributed by atoms with Gasteiger partial charge in [-0.1, -0.05) is 135 Å². The second-order valence-electron chi connectivity index (χ2n) is 24.7. The van der Waals surface area contributed by atoms with E-state index in [9.17, 15) is 48.3 Å². The number of nitrogens with two attached hydrogens (primary N) is 2. The average molecular weight is 1230 g/mol. The molecule has 0 aromatic heterocycles. The number of aliphatic carboxylic acids is 1. The van der Waals surface area contributed by atoms with Crippen molar-refractivity contribution >= 4 is 70.6 Å². The summed E-state index contributed by atoms with van der Waals surface area (Å²) >= 11 is 0. The van der Waals surface area contributed by atoms with Crippen molar-refractivity contribution in [2.45, 2.75) is 156 Å². The number of carbonyl (C=O) groups excluding carboxylic acids is 8. The highest BCUT2D eigenvalue weighted by Gasteiger charge is 2.42. The number of nitrogens with zero attached hydrogens (tertiary/aromatic N) is 3. The predicted octanol–water partition coefficient (Wildman–Crippen LogP) is 7.46. The number of amides is 9. The van der Waals surface area contributed by atoms with Crippen molar-refractivity contribution in [2.24, 2.45) is 33.8 Å². The molecule has 4 aromatic carbocycles. The van der Waals surface area contributed by atoms with Crippen LogP contribution in [0.3, 0.4) is 0 Å². The Bertz CT molecular complexity index is 3230. The Morgan fingerprint density at radius 3 is 2.04 bits per heavy atom. The fourth-order valence-corrected chi connectivity index (χ4v) is 10.7. The Morgan fingerprint density at radius 2 is 1.44 bits per heavy atom. The van der Waals surface area contributed by atoms with Crippen molar-refractivity contribution in [3.63, 3.8) is 0 Å². The Labute approximate surface area is 521 Å². The third-order valence-corrected chi connectivity index (χ3v) is 15.9. The molecule has 1 aliphatic rings. The number of hydrogen-bond donors (Lipinski definition) is 11. The molecule has 0 fully saturated rings. The van der Waals surface area contributed by atoms with Crippen LogP contribution in [0, 0.1) is 22.8 Å². The van der Waals surface area contributed by atoms with Crippen LogP contribution in [0.25, 0.3) is 0 Å². The van der Waals surface area contributed by atoms with Gasteiger partial charge in [0.2, 0.25) is 35.4 Å². The number of fused-ring (bicyclic) bond motifs is 2. The summed E-state index contributed by atoms with van der Waals surface area (Å²) in [7, 11) is 3.24. The highest BCUT2D eigenvalue weighted by atomic mass is 16.5. The molecule has 13 N–H and O–H groups in total. The molecule has 24 nitrogen and oxygen atoms in total. The van der Waals surface area contributed by atoms with Crippen molar-refractivity contribution < 1.29 is 53.0 Å². The van der Waals surface area contributed by atoms with E-state index in [0.717, 1.165) is 11.1 Å². The standard InChI is InChI=1S/C65H89N13O11/c1-37(2)49(33-39(5)61(85)86)77(12)60(84)56(64(6,7)8)75-59(83)55(69-11)65(9,10)42-20-17-21-44(34-42)72-63(88)89-36-40-26-28-43(29-27-40)71-57(81)47(24-18-32-70-62(67)87)73-58(82)53(38(3)4)74-50(79)30-31-51(80)78-35-41-19-13-14-22-45(41)52(66)54(76-68)46-23-15-16-25-48(46)78/h13-17,19-23,25-29,33-34,37-38,47,49,52-56,68-69H,18,24,30-32,35-36,66H2,1-12H3,(H,71,81)(H,72,88)(H,73,82)(H,74,79)(H,75,83)(H,85,86)(H3,67,70,87)/b39-33+,76-68?/t47-,49+,52?,53-,54?,55+,56?/m0/s1. The Kier molecular flexibility index (Phi) is 25.2. The maximum atomic E-state index is 14.2. The van der Waals surface area contributed by atoms with Gasteiger partial charge in [-0.25, -0.2) is 19.9 Å². The molecule has 89 heavy (non-hydrogen) atoms. The van der Waals surface area contributed by atoms with Crippen molar-refractivity contribution in [1.82, 2.24) is 31.5 Å². The second kappa shape index (κ2) is 31.7. The molecular weight excluding hydrogens is 1140 g/mol. The molecule has 7 atom stereocenters. The van der Waals surface area contributed by atoms with Gasteiger partial charge in [-0.3, -0.25) is 34.1 Å². The van der Waals surface area contributed by atoms with Crippen LogP contribution in [-0.2, 0) is 56.9 Å². The maximum Gasteiger partial charge on any atom is 0.411 e. The minimum absolute atomic E-state index is 0.0622. The molecule has 4 aromatic rings. The van der Waals surface area contributed by atoms with Crippen LogP contribution in [0.2, 0.25) is 0 Å². The molecule has 0 spiro atoms. The number of hydrogen-bond acceptors (Lipinski definition) is 14. The number of nitrogens with one attached hydrogen (secondary N) is 8. The summed E-state index contributed by atoms with van der Waals surface area (Å²) in [4.78, 5) is 123. The fraction of sp³-hybridized carbons (Fsp3) is 0.462. The third kappa shape index (κ3) is 19.2. The monoisotopic (exact) mass is 1230 g/mol. The normalized spacial score (nSPS) is 15.9. The van der Waals surface area contributed by atoms with E-state index in [0.29, 0.717) is 33.8 Å². The lowest BCUT2D eigenvalue weighted by atomic mass is 9.76. The second-order valence-corrected chi connectivity index (χ2v) is 24.7. The lowest BCUT2D eigenvalue weighted by molar-refractivity contribution is -0.141. The van der Waals surface area contributed by atoms with E-state index in [2.05, 4.69) is 42.3 Å². The first-order valence-electron chi connectivity index (χ1n) is 29.7. The number of carboxylic acid groups (broad SMARTS) is 1. The van der Waals surface area contributed by atoms with Gasteiger partial charge in [0.15, 0.2) is 0 Å². The van der Waals surface area contributed by atoms with Crippen molar-refractivity contribution in [3.8, 4) is 0 Å². The van der Waals surface area contributed by atoms with Crippen LogP contribution >= 0.6 is 0 Å². The Morgan fingerprint density at radius 1 is 0.787 bits per heavy atom. The summed E-state index contributed by atoms with van der Waals surface area (Å²) in [5.41, 5.74) is 22.9. The molecule has 3 unspecified atom stereocenters. The number of rotatable bonds is 27. The third-order valence-electron chi connectivity index (χ3n) is 15.9. The zero-order valence-corrected chi connectivity index (χ0v) is 53.0. The average Bonchev–Trinajstić information content (AvgIpc) is 1.24. The number of primary amides is 1. The van der Waals surface area contributed by atoms with Gasteiger partial charge in [0.1, 0.15) is 30.8 Å². The number of benzene rings is 4. The van der Waals surface area contributed by atoms with Crippen LogP contribution in [0.1, 0.15) is 135 Å². The van der Waals surface area contributed by atoms with Gasteiger partial charge in [-0.15, -0.1) is 0 Å². The first-order valence-corrected chi connectivity index (χ1v) is 29.7. The number of likely N-dealkylation sites (N-methyl/N-ethyl adjacent to an activating group) is 2. The minimum Gasteiger partial charge on any atom is -0.478 e. The van der Waals surface area contributed by atoms with Crippen LogP contribution in [0.4, 0.5) is 26.7 Å². The van der Waals surface area contributed by atoms with E-state index >= 15 is 0 Å². The first kappa shape index (κ1) is 70.7. The molecule has 0 saturated heterocycles. The van der Waals surface area contributed by atoms with Gasteiger partial charge in [0.05, 0.1) is 24.7 Å². The summed E-state index contributed by atoms with van der Waals surface area (Å²) < 4.78 is 5.56. The van der Waals surface area contributed by atoms with E-state index in [-0.39, 0.29) is 68.7 Å². The van der Waals surface area contributed by atoms with Gasteiger partial charge in [-0.05, 0) is 96.6 Å². The SMILES string of the molecule is CN[C@H](C(=O)NC(C(=O)N(C)[C@H](/C=C(\C)C(=O)O)C(C)C)C(C)(C)C)C(C)(C)c1cccc(NC(=O)OCc2ccc(NC(=O)[C@H](CCCNC(N)=O)NC(=O)[C@@H](NC(=O)CCC(=O)N3Cc4ccccc4C(N)C(N=N)c4ccccc43)C(C)C)cc2)c1. The molecule has 0 radical (unpaired) electrons. The number of para-hydroxylation sites is 1. The van der Waals surface area contributed by atoms with Crippen LogP contribution in [-0.4, -0.2) is 114 Å². The molecule has 0 aliphatic carbocycles. The van der Waals surface area contributed by atoms with E-state index in [4.69, 9.17) is 21.7 Å². The first-order chi connectivity index (χ1) is 41.9. The van der Waals surface area contributed by atoms with Crippen LogP contribution in [0.5, 0.6) is 0 Å². The van der Waals surface area contributed by atoms with Crippen LogP contribution < -0.4 is 53.6 Å². The van der Waals surface area contributed by atoms with E-state index in [1.807, 2.05) is 78.8 Å². The lowest BCUT2D eigenvalue weighted by Crippen LogP contribution is -2.61. The molecule has 5 rings (SSSR count). The zero-order chi connectivity index (χ0) is 66.1. The summed E-state index contributed by atoms with van der Waals surface area (Å²) in [5, 5.41) is 33.0. The molecule has 0 saturated carbocycles. The van der Waals surface area contributed by atoms with E-state index in [1.54, 1.807) is 106 Å². The topological polar surface area (TPSA) is 362 Å². The molecular formula is C65H89N13O11. The van der Waals surface area contributed by atoms with Gasteiger partial charge in [0.25, 0.3) is 0 Å². The molecule has 1 aliphatic heterocycles. The van der Waals surface area contributed by atoms with Crippen molar-refractivity contribution in [2.75, 3.05) is 36.2 Å². The molecule has 24 heteroatoms. The Hall–Kier alpha value is -9.03. The summed E-state index contributed by atoms with van der Waals surface area (Å²) in [6, 6.07) is 21.0. The number of anilines is 3. The number of carbonyl (C=O) groups is 9. The minimum atomic E-state index is -1.15. The largest absolute Gasteiger partial charge is 0.478 e. The van der Waals surface area contributed by atoms with Crippen molar-refractivity contribution in [1.29, 1.82) is 5.53 Å². The number of ether oxygens (including phenoxy) is 1. The van der Waals surface area contributed by atoms with E-state index in [1.165, 1.54) is 11.8 Å². The molecule has 0 bridgehead atoms. The highest BCUT2D eigenvalue weighted by molar-refractivity contribution is 6.00. The fourth-order valence-electron chi connectivity index (χ4n) is 10.7. The smallest absolute Gasteiger partial charge is 0.411 e. The summed E-state index contributed by atoms with van der Waals surface area (Å²) in [6.07, 6.45) is 0.572. The van der Waals surface area contributed by atoms with Gasteiger partial charge in [0, 0.05) is 60.0 Å². The zero-order valence-electron chi connectivity index (χ0n) is 53.0. The quantitative estimate of drug-likeness (QED) is 0.0157. The summed E-state index contributed by atoms with van der Waals surface area (Å²) in [5.74, 6) is -4.73. The van der Waals surface area contributed by atoms with Gasteiger partial charge in [-0.2, -0.15) is 5.11 Å². The highest BCUT2D eigenvalue weighted by Crippen LogP contribution is 2.41. The maximum absolute atomic E-state index is 14.2. The van der Waals surface area contributed by atoms with E-state index < -0.39 is 101 Å². The van der Waals surface area contributed by atoms with Crippen LogP contribution in [0.15, 0.2) is 114 Å². The number of carboxylic acids is 1. The number of urea groups is 1. The van der Waals surface area contributed by atoms with Crippen molar-refractivity contribution in [3.05, 3.63) is 137 Å². The summed E-state index contributed by atoms with van der Waals surface area (Å²) in [6.45, 7) is 18.0. The Balaban J connectivity index is 1.19. The van der Waals surface area contributed by atoms with Gasteiger partial charge < -0.3 is 63.0 Å². The lowest BCUT2D eigenvalue weighted by Gasteiger charge is -2.40. The molecule has 9 amide bonds.